The van der Waals surface area contributed by atoms with Crippen LogP contribution < -0.4 is 5.73 Å². The summed E-state index contributed by atoms with van der Waals surface area (Å²) in [7, 11) is 0. The highest BCUT2D eigenvalue weighted by Crippen LogP contribution is 2.30. The van der Waals surface area contributed by atoms with Crippen LogP contribution in [0.15, 0.2) is 12.7 Å². The Morgan fingerprint density at radius 1 is 1.17 bits per heavy atom. The molecule has 0 aliphatic carbocycles. The predicted octanol–water partition coefficient (Wildman–Crippen LogP) is -2.02. The fraction of sp³-hybridized carbons (Fsp3) is 0.444. The Bertz CT molecular complexity index is 587. The third-order valence-corrected chi connectivity index (χ3v) is 2.87. The van der Waals surface area contributed by atoms with Crippen molar-refractivity contribution in [2.45, 2.75) is 24.7 Å². The molecule has 1 saturated heterocycles. The van der Waals surface area contributed by atoms with E-state index in [2.05, 4.69) is 15.0 Å². The summed E-state index contributed by atoms with van der Waals surface area (Å²) < 4.78 is 6.44. The number of hydrogen-bond acceptors (Lipinski definition) is 8. The zero-order valence-corrected chi connectivity index (χ0v) is 9.08. The van der Waals surface area contributed by atoms with Crippen molar-refractivity contribution in [3.05, 3.63) is 12.7 Å². The Kier molecular flexibility index (Phi) is 2.41. The number of rotatable bonds is 1. The van der Waals surface area contributed by atoms with E-state index in [0.29, 0.717) is 11.2 Å². The standard InChI is InChI=1S/C9H11N5O4/c10-6-3-7(12-1-11-6)14(2-13-3)8-4(15)5(16)9(17)18-8/h1-2,4-5,8-9,15-17H,(H2,10,11,12)/t4-,5+,8-,9+/m1/s1. The molecule has 0 aromatic carbocycles. The second-order valence-electron chi connectivity index (χ2n) is 3.98. The van der Waals surface area contributed by atoms with Crippen molar-refractivity contribution in [3.63, 3.8) is 0 Å². The van der Waals surface area contributed by atoms with Gasteiger partial charge in [0, 0.05) is 0 Å². The van der Waals surface area contributed by atoms with Gasteiger partial charge in [-0.3, -0.25) is 4.57 Å². The Morgan fingerprint density at radius 3 is 2.61 bits per heavy atom. The summed E-state index contributed by atoms with van der Waals surface area (Å²) in [5.74, 6) is 0.201. The van der Waals surface area contributed by atoms with Crippen molar-refractivity contribution in [2.75, 3.05) is 5.73 Å². The molecule has 0 bridgehead atoms. The number of ether oxygens (including phenoxy) is 1. The van der Waals surface area contributed by atoms with E-state index >= 15 is 0 Å². The van der Waals surface area contributed by atoms with E-state index in [0.717, 1.165) is 0 Å². The zero-order valence-electron chi connectivity index (χ0n) is 9.08. The van der Waals surface area contributed by atoms with E-state index in [1.54, 1.807) is 0 Å². The Morgan fingerprint density at radius 2 is 1.94 bits per heavy atom. The van der Waals surface area contributed by atoms with Gasteiger partial charge in [0.05, 0.1) is 6.33 Å². The first-order chi connectivity index (χ1) is 8.59. The third-order valence-electron chi connectivity index (χ3n) is 2.87. The molecule has 1 aliphatic heterocycles. The average Bonchev–Trinajstić information content (AvgIpc) is 2.88. The fourth-order valence-electron chi connectivity index (χ4n) is 1.93. The maximum Gasteiger partial charge on any atom is 0.186 e. The minimum Gasteiger partial charge on any atom is -0.385 e. The molecule has 0 radical (unpaired) electrons. The van der Waals surface area contributed by atoms with Gasteiger partial charge in [-0.1, -0.05) is 0 Å². The molecule has 96 valence electrons. The van der Waals surface area contributed by atoms with Crippen LogP contribution in [-0.4, -0.2) is 53.3 Å². The number of fused-ring (bicyclic) bond motifs is 1. The maximum atomic E-state index is 9.77. The van der Waals surface area contributed by atoms with Gasteiger partial charge in [0.2, 0.25) is 0 Å². The topological polar surface area (TPSA) is 140 Å². The third kappa shape index (κ3) is 1.46. The predicted molar refractivity (Wildman–Crippen MR) is 57.9 cm³/mol. The lowest BCUT2D eigenvalue weighted by Gasteiger charge is -2.15. The smallest absolute Gasteiger partial charge is 0.186 e. The van der Waals surface area contributed by atoms with Crippen molar-refractivity contribution in [1.29, 1.82) is 0 Å². The van der Waals surface area contributed by atoms with Crippen molar-refractivity contribution >= 4 is 17.0 Å². The highest BCUT2D eigenvalue weighted by molar-refractivity contribution is 5.81. The number of hydrogen-bond donors (Lipinski definition) is 4. The van der Waals surface area contributed by atoms with Crippen LogP contribution in [0.5, 0.6) is 0 Å². The van der Waals surface area contributed by atoms with Gasteiger partial charge in [0.15, 0.2) is 24.0 Å². The van der Waals surface area contributed by atoms with E-state index < -0.39 is 24.7 Å². The largest absolute Gasteiger partial charge is 0.385 e. The van der Waals surface area contributed by atoms with Gasteiger partial charge in [-0.05, 0) is 0 Å². The summed E-state index contributed by atoms with van der Waals surface area (Å²) in [6, 6.07) is 0. The van der Waals surface area contributed by atoms with Gasteiger partial charge in [-0.25, -0.2) is 15.0 Å². The Hall–Kier alpha value is -1.81. The molecule has 5 N–H and O–H groups in total. The summed E-state index contributed by atoms with van der Waals surface area (Å²) in [5.41, 5.74) is 6.35. The second kappa shape index (κ2) is 3.85. The molecule has 9 nitrogen and oxygen atoms in total. The lowest BCUT2D eigenvalue weighted by Crippen LogP contribution is -2.31. The van der Waals surface area contributed by atoms with E-state index in [-0.39, 0.29) is 5.82 Å². The SMILES string of the molecule is Nc1ncnc2c1ncn2[C@@H]1O[C@H](O)[C@@H](O)[C@H]1O. The first-order valence-corrected chi connectivity index (χ1v) is 5.22. The van der Waals surface area contributed by atoms with Gasteiger partial charge in [-0.15, -0.1) is 0 Å². The summed E-state index contributed by atoms with van der Waals surface area (Å²) in [6.45, 7) is 0. The van der Waals surface area contributed by atoms with Crippen LogP contribution in [0.1, 0.15) is 6.23 Å². The highest BCUT2D eigenvalue weighted by atomic mass is 16.7. The molecule has 2 aromatic rings. The number of nitrogens with zero attached hydrogens (tertiary/aromatic N) is 4. The lowest BCUT2D eigenvalue weighted by molar-refractivity contribution is -0.141. The van der Waals surface area contributed by atoms with Crippen LogP contribution in [0.2, 0.25) is 0 Å². The summed E-state index contributed by atoms with van der Waals surface area (Å²) in [6.07, 6.45) is -2.49. The second-order valence-corrected chi connectivity index (χ2v) is 3.98. The minimum atomic E-state index is -1.46. The van der Waals surface area contributed by atoms with Gasteiger partial charge in [0.1, 0.15) is 24.1 Å². The number of anilines is 1. The van der Waals surface area contributed by atoms with Gasteiger partial charge in [-0.2, -0.15) is 0 Å². The average molecular weight is 253 g/mol. The van der Waals surface area contributed by atoms with E-state index in [9.17, 15) is 15.3 Å². The lowest BCUT2D eigenvalue weighted by atomic mass is 10.2. The summed E-state index contributed by atoms with van der Waals surface area (Å²) in [4.78, 5) is 11.8. The van der Waals surface area contributed by atoms with Crippen LogP contribution in [-0.2, 0) is 4.74 Å². The number of nitrogens with two attached hydrogens (primary N) is 1. The molecule has 0 spiro atoms. The molecule has 0 amide bonds. The maximum absolute atomic E-state index is 9.77. The van der Waals surface area contributed by atoms with Crippen molar-refractivity contribution in [1.82, 2.24) is 19.5 Å². The molecule has 18 heavy (non-hydrogen) atoms. The molecule has 0 saturated carbocycles. The van der Waals surface area contributed by atoms with E-state index in [1.165, 1.54) is 17.2 Å². The van der Waals surface area contributed by atoms with E-state index in [4.69, 9.17) is 10.5 Å². The normalized spacial score (nSPS) is 32.2. The first kappa shape index (κ1) is 11.3. The molecular formula is C9H11N5O4. The minimum absolute atomic E-state index is 0.201. The molecule has 4 atom stereocenters. The monoisotopic (exact) mass is 253 g/mol. The summed E-state index contributed by atoms with van der Waals surface area (Å²) >= 11 is 0. The molecule has 1 aliphatic rings. The first-order valence-electron chi connectivity index (χ1n) is 5.22. The number of imidazole rings is 1. The molecule has 3 rings (SSSR count). The molecule has 9 heteroatoms. The van der Waals surface area contributed by atoms with Crippen LogP contribution in [0.25, 0.3) is 11.2 Å². The van der Waals surface area contributed by atoms with Crippen LogP contribution in [0.3, 0.4) is 0 Å². The fourth-order valence-corrected chi connectivity index (χ4v) is 1.93. The zero-order chi connectivity index (χ0) is 12.9. The number of aliphatic hydroxyl groups excluding tert-OH is 3. The molecular weight excluding hydrogens is 242 g/mol. The number of nitrogen functional groups attached to an aromatic ring is 1. The van der Waals surface area contributed by atoms with Gasteiger partial charge >= 0.3 is 0 Å². The van der Waals surface area contributed by atoms with Crippen LogP contribution in [0.4, 0.5) is 5.82 Å². The highest BCUT2D eigenvalue weighted by Gasteiger charge is 2.43. The Balaban J connectivity index is 2.08. The van der Waals surface area contributed by atoms with Crippen LogP contribution in [0, 0.1) is 0 Å². The molecule has 1 fully saturated rings. The van der Waals surface area contributed by atoms with Crippen molar-refractivity contribution in [2.24, 2.45) is 0 Å². The number of aromatic nitrogens is 4. The quantitative estimate of drug-likeness (QED) is 0.456. The molecule has 2 aromatic heterocycles. The van der Waals surface area contributed by atoms with Gasteiger partial charge in [0.25, 0.3) is 0 Å². The van der Waals surface area contributed by atoms with Gasteiger partial charge < -0.3 is 25.8 Å². The molecule has 3 heterocycles. The summed E-state index contributed by atoms with van der Waals surface area (Å²) in [5, 5.41) is 28.6. The number of aliphatic hydroxyl groups is 3. The van der Waals surface area contributed by atoms with E-state index in [1.807, 2.05) is 0 Å². The van der Waals surface area contributed by atoms with Crippen molar-refractivity contribution < 1.29 is 20.1 Å². The van der Waals surface area contributed by atoms with Crippen LogP contribution >= 0.6 is 0 Å². The Labute approximate surface area is 100 Å². The molecule has 0 unspecified atom stereocenters. The van der Waals surface area contributed by atoms with Crippen molar-refractivity contribution in [3.8, 4) is 0 Å².